The van der Waals surface area contributed by atoms with Crippen LogP contribution < -0.4 is 11.1 Å². The van der Waals surface area contributed by atoms with E-state index in [1.807, 2.05) is 63.7 Å². The predicted octanol–water partition coefficient (Wildman–Crippen LogP) is 20.9. The zero-order valence-electron chi connectivity index (χ0n) is 47.7. The van der Waals surface area contributed by atoms with Crippen molar-refractivity contribution in [3.8, 4) is 44.8 Å². The maximum absolute atomic E-state index is 14.9. The van der Waals surface area contributed by atoms with Crippen molar-refractivity contribution in [1.82, 2.24) is 9.13 Å². The van der Waals surface area contributed by atoms with Gasteiger partial charge in [-0.3, -0.25) is 18.7 Å². The second kappa shape index (κ2) is 19.5. The van der Waals surface area contributed by atoms with Gasteiger partial charge in [-0.25, -0.2) is 0 Å². The van der Waals surface area contributed by atoms with Gasteiger partial charge in [0.25, 0.3) is 11.1 Å². The van der Waals surface area contributed by atoms with E-state index in [1.54, 1.807) is 0 Å². The zero-order chi connectivity index (χ0) is 57.3. The molecule has 0 saturated heterocycles. The molecule has 2 atom stereocenters. The van der Waals surface area contributed by atoms with E-state index in [2.05, 4.69) is 226 Å². The fraction of sp³-hybridized carbons (Fsp3) is 0.0732. The van der Waals surface area contributed by atoms with E-state index in [4.69, 9.17) is 0 Å². The molecule has 0 radical (unpaired) electrons. The third-order valence-electron chi connectivity index (χ3n) is 18.8. The molecule has 15 aromatic rings. The SMILES string of the molecule is CC1C=C(c2ccc3c(c2)c2ccccc2c(=O)n3-c2ccc3c4ccc(-c5ccc6c(=O)n(-c7ccccc7)c7ccc(-c8cccc(-c9ccc%10c(c9)c9c(c%11ccccc%11%10)C(C)CC=C9)c8)cc7c6c5)cc4c4ccccc4c3c2)C=CC1. The average molecular weight is 1100 g/mol. The molecule has 2 unspecified atom stereocenters. The molecule has 406 valence electrons. The number of benzene rings is 13. The molecule has 0 aliphatic heterocycles. The normalized spacial score (nSPS) is 15.1. The summed E-state index contributed by atoms with van der Waals surface area (Å²) in [7, 11) is 0. The summed E-state index contributed by atoms with van der Waals surface area (Å²) in [5.74, 6) is 0.913. The number of fused-ring (bicyclic) bond motifs is 18. The first-order valence-electron chi connectivity index (χ1n) is 30.1. The Bertz CT molecular complexity index is 5660. The molecule has 0 fully saturated rings. The third-order valence-corrected chi connectivity index (χ3v) is 18.8. The number of para-hydroxylation sites is 1. The lowest BCUT2D eigenvalue weighted by Gasteiger charge is -2.23. The fourth-order valence-electron chi connectivity index (χ4n) is 14.7. The minimum absolute atomic E-state index is 0.0376. The molecule has 4 nitrogen and oxygen atoms in total. The van der Waals surface area contributed by atoms with E-state index >= 15 is 0 Å². The van der Waals surface area contributed by atoms with Crippen molar-refractivity contribution in [2.24, 2.45) is 5.92 Å². The molecular formula is C82H56N2O2. The van der Waals surface area contributed by atoms with Crippen LogP contribution in [0.4, 0.5) is 0 Å². The van der Waals surface area contributed by atoms with Gasteiger partial charge in [-0.1, -0.05) is 196 Å². The molecule has 13 aromatic carbocycles. The first kappa shape index (κ1) is 49.9. The summed E-state index contributed by atoms with van der Waals surface area (Å²) in [6.45, 7) is 4.61. The Hall–Kier alpha value is -10.7. The highest BCUT2D eigenvalue weighted by Crippen LogP contribution is 2.44. The Labute approximate surface area is 496 Å². The van der Waals surface area contributed by atoms with Crippen LogP contribution in [0.5, 0.6) is 0 Å². The van der Waals surface area contributed by atoms with Gasteiger partial charge in [0, 0.05) is 32.9 Å². The van der Waals surface area contributed by atoms with E-state index in [0.717, 1.165) is 122 Å². The summed E-state index contributed by atoms with van der Waals surface area (Å²) < 4.78 is 3.78. The molecule has 2 heterocycles. The van der Waals surface area contributed by atoms with Crippen LogP contribution in [0.2, 0.25) is 0 Å². The fourth-order valence-corrected chi connectivity index (χ4v) is 14.7. The molecule has 0 N–H and O–H groups in total. The van der Waals surface area contributed by atoms with E-state index < -0.39 is 0 Å². The van der Waals surface area contributed by atoms with Crippen LogP contribution in [-0.4, -0.2) is 9.13 Å². The minimum Gasteiger partial charge on any atom is -0.276 e. The van der Waals surface area contributed by atoms with Crippen LogP contribution in [0.3, 0.4) is 0 Å². The van der Waals surface area contributed by atoms with Crippen molar-refractivity contribution in [3.63, 3.8) is 0 Å². The first-order valence-corrected chi connectivity index (χ1v) is 30.1. The van der Waals surface area contributed by atoms with E-state index in [-0.39, 0.29) is 11.1 Å². The van der Waals surface area contributed by atoms with Crippen molar-refractivity contribution in [1.29, 1.82) is 0 Å². The summed E-state index contributed by atoms with van der Waals surface area (Å²) in [4.78, 5) is 29.7. The Morgan fingerprint density at radius 2 is 0.744 bits per heavy atom. The summed E-state index contributed by atoms with van der Waals surface area (Å²) in [5, 5.41) is 17.2. The molecule has 0 saturated carbocycles. The van der Waals surface area contributed by atoms with Gasteiger partial charge in [0.05, 0.1) is 11.0 Å². The average Bonchev–Trinajstić information content (AvgIpc) is 1.07. The van der Waals surface area contributed by atoms with Crippen molar-refractivity contribution in [2.75, 3.05) is 0 Å². The Kier molecular flexibility index (Phi) is 11.3. The highest BCUT2D eigenvalue weighted by Gasteiger charge is 2.22. The lowest BCUT2D eigenvalue weighted by Crippen LogP contribution is -2.19. The van der Waals surface area contributed by atoms with Gasteiger partial charge in [-0.05, 0) is 230 Å². The van der Waals surface area contributed by atoms with Gasteiger partial charge in [0.15, 0.2) is 0 Å². The number of aromatic nitrogens is 2. The molecule has 4 heteroatoms. The molecule has 17 rings (SSSR count). The van der Waals surface area contributed by atoms with Crippen molar-refractivity contribution in [2.45, 2.75) is 32.6 Å². The quantitative estimate of drug-likeness (QED) is 0.156. The lowest BCUT2D eigenvalue weighted by atomic mass is 9.81. The van der Waals surface area contributed by atoms with Crippen LogP contribution in [0.15, 0.2) is 270 Å². The maximum Gasteiger partial charge on any atom is 0.263 e. The number of pyridine rings is 2. The van der Waals surface area contributed by atoms with E-state index in [0.29, 0.717) is 22.6 Å². The van der Waals surface area contributed by atoms with Crippen molar-refractivity contribution < 1.29 is 0 Å². The molecule has 0 bridgehead atoms. The smallest absolute Gasteiger partial charge is 0.263 e. The number of allylic oxidation sites excluding steroid dienone is 5. The first-order chi connectivity index (χ1) is 42.3. The van der Waals surface area contributed by atoms with Gasteiger partial charge in [0.1, 0.15) is 0 Å². The van der Waals surface area contributed by atoms with Gasteiger partial charge in [0.2, 0.25) is 0 Å². The van der Waals surface area contributed by atoms with Crippen LogP contribution in [0.1, 0.15) is 49.3 Å². The van der Waals surface area contributed by atoms with Gasteiger partial charge in [-0.2, -0.15) is 0 Å². The number of nitrogens with zero attached hydrogens (tertiary/aromatic N) is 2. The van der Waals surface area contributed by atoms with Gasteiger partial charge >= 0.3 is 0 Å². The molecule has 86 heavy (non-hydrogen) atoms. The minimum atomic E-state index is -0.0567. The zero-order valence-corrected chi connectivity index (χ0v) is 47.7. The van der Waals surface area contributed by atoms with E-state index in [1.165, 1.54) is 43.8 Å². The number of hydrogen-bond acceptors (Lipinski definition) is 2. The molecule has 0 spiro atoms. The Balaban J connectivity index is 0.799. The summed E-state index contributed by atoms with van der Waals surface area (Å²) in [6.07, 6.45) is 13.6. The van der Waals surface area contributed by atoms with Crippen molar-refractivity contribution in [3.05, 3.63) is 298 Å². The summed E-state index contributed by atoms with van der Waals surface area (Å²) in [5.41, 5.74) is 15.0. The van der Waals surface area contributed by atoms with E-state index in [9.17, 15) is 9.59 Å². The molecular weight excluding hydrogens is 1040 g/mol. The number of rotatable bonds is 6. The number of hydrogen-bond donors (Lipinski definition) is 0. The largest absolute Gasteiger partial charge is 0.276 e. The topological polar surface area (TPSA) is 44.0 Å². The van der Waals surface area contributed by atoms with Crippen molar-refractivity contribution >= 4 is 109 Å². The monoisotopic (exact) mass is 1100 g/mol. The highest BCUT2D eigenvalue weighted by atomic mass is 16.1. The molecule has 2 aromatic heterocycles. The van der Waals surface area contributed by atoms with Crippen LogP contribution in [-0.2, 0) is 0 Å². The van der Waals surface area contributed by atoms with Crippen LogP contribution in [0.25, 0.3) is 154 Å². The van der Waals surface area contributed by atoms with Crippen LogP contribution in [0, 0.1) is 5.92 Å². The van der Waals surface area contributed by atoms with Gasteiger partial charge in [-0.15, -0.1) is 0 Å². The molecule has 0 amide bonds. The second-order valence-electron chi connectivity index (χ2n) is 23.9. The standard InChI is InChI=1S/C82H56N2O2/c1-49-15-12-17-51(41-49)57-32-39-78-76(46-57)64-25-9-11-27-70(64)81(85)84(78)60-34-38-67-66-36-30-55(43-72(66)62-23-6-7-24-63(62)75(67)48-60)56-31-37-71-74(45-56)77-47-58(33-40-79(77)83(82(71)86)59-20-4-3-5-21-59)53-19-14-18-52(42-53)54-29-35-65-61-22-8-10-26-68(61)80-50(2)16-13-28-69(80)73(65)44-54/h3-14,17-50H,15-16H2,1-2H3. The predicted molar refractivity (Wildman–Crippen MR) is 364 cm³/mol. The summed E-state index contributed by atoms with van der Waals surface area (Å²) >= 11 is 0. The molecule has 2 aliphatic carbocycles. The maximum atomic E-state index is 14.9. The summed E-state index contributed by atoms with van der Waals surface area (Å²) in [6, 6.07) is 84.2. The third kappa shape index (κ3) is 7.76. The van der Waals surface area contributed by atoms with Crippen LogP contribution >= 0.6 is 0 Å². The van der Waals surface area contributed by atoms with Gasteiger partial charge < -0.3 is 0 Å². The second-order valence-corrected chi connectivity index (χ2v) is 23.9. The lowest BCUT2D eigenvalue weighted by molar-refractivity contribution is 0.740. The Morgan fingerprint density at radius 3 is 1.41 bits per heavy atom. The molecule has 2 aliphatic rings. The highest BCUT2D eigenvalue weighted by molar-refractivity contribution is 6.26. The Morgan fingerprint density at radius 1 is 0.314 bits per heavy atom.